The van der Waals surface area contributed by atoms with E-state index >= 15 is 0 Å². The van der Waals surface area contributed by atoms with Crippen molar-refractivity contribution in [2.24, 2.45) is 4.99 Å². The normalized spacial score (nSPS) is 11.3. The van der Waals surface area contributed by atoms with E-state index in [0.29, 0.717) is 22.7 Å². The lowest BCUT2D eigenvalue weighted by Gasteiger charge is -1.99. The summed E-state index contributed by atoms with van der Waals surface area (Å²) >= 11 is 0. The Morgan fingerprint density at radius 1 is 1.11 bits per heavy atom. The molecule has 0 amide bonds. The lowest BCUT2D eigenvalue weighted by molar-refractivity contribution is -0.384. The van der Waals surface area contributed by atoms with Gasteiger partial charge in [0.25, 0.3) is 5.69 Å². The fourth-order valence-corrected chi connectivity index (χ4v) is 2.72. The number of non-ortho nitro benzene ring substituents is 1. The number of phenols is 1. The van der Waals surface area contributed by atoms with Crippen molar-refractivity contribution in [1.82, 2.24) is 4.98 Å². The van der Waals surface area contributed by atoms with Gasteiger partial charge in [-0.15, -0.1) is 0 Å². The van der Waals surface area contributed by atoms with Crippen molar-refractivity contribution in [3.63, 3.8) is 0 Å². The van der Waals surface area contributed by atoms with Crippen molar-refractivity contribution in [1.29, 1.82) is 0 Å². The Morgan fingerprint density at radius 3 is 2.64 bits per heavy atom. The predicted molar refractivity (Wildman–Crippen MR) is 106 cm³/mol. The summed E-state index contributed by atoms with van der Waals surface area (Å²) in [5.74, 6) is 0.436. The molecule has 0 radical (unpaired) electrons. The Labute approximate surface area is 159 Å². The number of phenolic OH excluding ortho intramolecular Hbond substituents is 1. The molecule has 3 aromatic carbocycles. The van der Waals surface area contributed by atoms with Crippen LogP contribution < -0.4 is 0 Å². The molecule has 0 aliphatic heterocycles. The van der Waals surface area contributed by atoms with Gasteiger partial charge in [-0.3, -0.25) is 15.1 Å². The molecule has 0 fully saturated rings. The van der Waals surface area contributed by atoms with Crippen molar-refractivity contribution in [3.8, 4) is 17.2 Å². The van der Waals surface area contributed by atoms with E-state index in [1.807, 2.05) is 31.2 Å². The number of oxazole rings is 1. The maximum atomic E-state index is 10.9. The SMILES string of the molecule is Cc1ccc(-c2nc3cc(N=Cc4cc([N+](=O)[O-])ccc4O)ccc3o2)cc1. The van der Waals surface area contributed by atoms with Crippen molar-refractivity contribution < 1.29 is 14.4 Å². The van der Waals surface area contributed by atoms with E-state index in [1.54, 1.807) is 18.2 Å². The highest BCUT2D eigenvalue weighted by Crippen LogP contribution is 2.28. The number of fused-ring (bicyclic) bond motifs is 1. The zero-order valence-electron chi connectivity index (χ0n) is 14.9. The first-order valence-electron chi connectivity index (χ1n) is 8.49. The van der Waals surface area contributed by atoms with Gasteiger partial charge in [0.2, 0.25) is 5.89 Å². The topological polar surface area (TPSA) is 102 Å². The molecular weight excluding hydrogens is 358 g/mol. The molecule has 0 atom stereocenters. The number of aromatic nitrogens is 1. The van der Waals surface area contributed by atoms with Crippen molar-refractivity contribution >= 4 is 28.7 Å². The van der Waals surface area contributed by atoms with Gasteiger partial charge in [0, 0.05) is 29.5 Å². The number of aromatic hydroxyl groups is 1. The maximum absolute atomic E-state index is 10.9. The summed E-state index contributed by atoms with van der Waals surface area (Å²) in [6.45, 7) is 2.01. The molecule has 138 valence electrons. The predicted octanol–water partition coefficient (Wildman–Crippen LogP) is 5.17. The van der Waals surface area contributed by atoms with Crippen LogP contribution in [0.2, 0.25) is 0 Å². The zero-order valence-corrected chi connectivity index (χ0v) is 14.9. The molecule has 0 bridgehead atoms. The first-order chi connectivity index (χ1) is 13.5. The molecule has 1 aromatic heterocycles. The van der Waals surface area contributed by atoms with Gasteiger partial charge < -0.3 is 9.52 Å². The minimum absolute atomic E-state index is 0.0847. The van der Waals surface area contributed by atoms with Crippen LogP contribution in [0.1, 0.15) is 11.1 Å². The van der Waals surface area contributed by atoms with Crippen LogP contribution in [0.4, 0.5) is 11.4 Å². The van der Waals surface area contributed by atoms with Crippen LogP contribution >= 0.6 is 0 Å². The highest BCUT2D eigenvalue weighted by molar-refractivity contribution is 5.87. The van der Waals surface area contributed by atoms with Gasteiger partial charge in [0.1, 0.15) is 11.3 Å². The summed E-state index contributed by atoms with van der Waals surface area (Å²) in [5, 5.41) is 20.8. The average molecular weight is 373 g/mol. The van der Waals surface area contributed by atoms with E-state index in [2.05, 4.69) is 9.98 Å². The molecule has 0 saturated heterocycles. The second-order valence-electron chi connectivity index (χ2n) is 6.30. The van der Waals surface area contributed by atoms with E-state index in [9.17, 15) is 15.2 Å². The zero-order chi connectivity index (χ0) is 19.7. The van der Waals surface area contributed by atoms with Crippen molar-refractivity contribution in [2.45, 2.75) is 6.92 Å². The monoisotopic (exact) mass is 373 g/mol. The Bertz CT molecular complexity index is 1210. The van der Waals surface area contributed by atoms with Crippen LogP contribution in [-0.4, -0.2) is 21.2 Å². The molecule has 0 aliphatic rings. The van der Waals surface area contributed by atoms with Crippen LogP contribution in [-0.2, 0) is 0 Å². The van der Waals surface area contributed by atoms with E-state index in [1.165, 1.54) is 24.4 Å². The third-order valence-corrected chi connectivity index (χ3v) is 4.24. The van der Waals surface area contributed by atoms with Crippen LogP contribution in [0.3, 0.4) is 0 Å². The fourth-order valence-electron chi connectivity index (χ4n) is 2.72. The quantitative estimate of drug-likeness (QED) is 0.302. The second-order valence-corrected chi connectivity index (χ2v) is 6.30. The number of aliphatic imine (C=N–C) groups is 1. The summed E-state index contributed by atoms with van der Waals surface area (Å²) < 4.78 is 5.79. The smallest absolute Gasteiger partial charge is 0.270 e. The summed E-state index contributed by atoms with van der Waals surface area (Å²) in [5.41, 5.74) is 4.04. The molecule has 4 rings (SSSR count). The van der Waals surface area contributed by atoms with Gasteiger partial charge in [-0.1, -0.05) is 17.7 Å². The van der Waals surface area contributed by atoms with Crippen LogP contribution in [0.15, 0.2) is 70.1 Å². The van der Waals surface area contributed by atoms with E-state index < -0.39 is 4.92 Å². The third-order valence-electron chi connectivity index (χ3n) is 4.24. The number of nitro groups is 1. The minimum Gasteiger partial charge on any atom is -0.507 e. The van der Waals surface area contributed by atoms with Crippen molar-refractivity contribution in [2.75, 3.05) is 0 Å². The fraction of sp³-hybridized carbons (Fsp3) is 0.0476. The molecule has 1 N–H and O–H groups in total. The highest BCUT2D eigenvalue weighted by Gasteiger charge is 2.10. The summed E-state index contributed by atoms with van der Waals surface area (Å²) in [6, 6.07) is 16.9. The number of rotatable bonds is 4. The number of hydrogen-bond acceptors (Lipinski definition) is 6. The molecule has 0 saturated carbocycles. The largest absolute Gasteiger partial charge is 0.507 e. The Hall–Kier alpha value is -4.00. The Balaban J connectivity index is 1.65. The van der Waals surface area contributed by atoms with E-state index in [0.717, 1.165) is 11.1 Å². The van der Waals surface area contributed by atoms with Crippen LogP contribution in [0, 0.1) is 17.0 Å². The number of hydrogen-bond donors (Lipinski definition) is 1. The lowest BCUT2D eigenvalue weighted by Crippen LogP contribution is -1.90. The van der Waals surface area contributed by atoms with Crippen molar-refractivity contribution in [3.05, 3.63) is 81.9 Å². The Kier molecular flexibility index (Phi) is 4.33. The average Bonchev–Trinajstić information content (AvgIpc) is 3.11. The molecule has 0 aliphatic carbocycles. The first kappa shape index (κ1) is 17.4. The van der Waals surface area contributed by atoms with Gasteiger partial charge in [-0.05, 0) is 43.3 Å². The summed E-state index contributed by atoms with van der Waals surface area (Å²) in [7, 11) is 0. The van der Waals surface area contributed by atoms with Crippen LogP contribution in [0.5, 0.6) is 5.75 Å². The van der Waals surface area contributed by atoms with Gasteiger partial charge in [0.05, 0.1) is 10.6 Å². The molecule has 28 heavy (non-hydrogen) atoms. The molecule has 4 aromatic rings. The molecular formula is C21H15N3O4. The van der Waals surface area contributed by atoms with E-state index in [4.69, 9.17) is 4.42 Å². The number of nitro benzene ring substituents is 1. The van der Waals surface area contributed by atoms with Crippen LogP contribution in [0.25, 0.3) is 22.6 Å². The maximum Gasteiger partial charge on any atom is 0.270 e. The summed E-state index contributed by atoms with van der Waals surface area (Å²) in [4.78, 5) is 19.2. The number of benzene rings is 3. The number of nitrogens with zero attached hydrogens (tertiary/aromatic N) is 3. The molecule has 7 heteroatoms. The first-order valence-corrected chi connectivity index (χ1v) is 8.49. The molecule has 0 unspecified atom stereocenters. The molecule has 7 nitrogen and oxygen atoms in total. The molecule has 1 heterocycles. The van der Waals surface area contributed by atoms with Gasteiger partial charge >= 0.3 is 0 Å². The molecule has 0 spiro atoms. The minimum atomic E-state index is -0.523. The standard InChI is InChI=1S/C21H15N3O4/c1-13-2-4-14(5-3-13)21-23-18-11-16(6-9-20(18)28-21)22-12-15-10-17(24(26)27)7-8-19(15)25/h2-12,25H,1H3. The summed E-state index contributed by atoms with van der Waals surface area (Å²) in [6.07, 6.45) is 1.38. The highest BCUT2D eigenvalue weighted by atomic mass is 16.6. The lowest BCUT2D eigenvalue weighted by atomic mass is 10.1. The van der Waals surface area contributed by atoms with Gasteiger partial charge in [-0.2, -0.15) is 0 Å². The van der Waals surface area contributed by atoms with Gasteiger partial charge in [0.15, 0.2) is 5.58 Å². The van der Waals surface area contributed by atoms with Gasteiger partial charge in [-0.25, -0.2) is 4.98 Å². The number of aryl methyl sites for hydroxylation is 1. The third kappa shape index (κ3) is 3.45. The van der Waals surface area contributed by atoms with E-state index in [-0.39, 0.29) is 17.0 Å². The Morgan fingerprint density at radius 2 is 1.89 bits per heavy atom. The second kappa shape index (κ2) is 6.96.